The number of aryl methyl sites for hydroxylation is 1. The Hall–Kier alpha value is -2.02. The monoisotopic (exact) mass is 333 g/mol. The van der Waals surface area contributed by atoms with Crippen LogP contribution in [0.15, 0.2) is 41.4 Å². The molecule has 23 heavy (non-hydrogen) atoms. The van der Waals surface area contributed by atoms with Gasteiger partial charge in [0.25, 0.3) is 10.0 Å². The van der Waals surface area contributed by atoms with Crippen LogP contribution >= 0.6 is 0 Å². The van der Waals surface area contributed by atoms with Gasteiger partial charge in [0, 0.05) is 19.0 Å². The Balaban J connectivity index is 1.80. The average molecular weight is 333 g/mol. The Bertz CT molecular complexity index is 816. The minimum Gasteiger partial charge on any atom is -0.477 e. The van der Waals surface area contributed by atoms with E-state index in [0.29, 0.717) is 30.6 Å². The van der Waals surface area contributed by atoms with Crippen molar-refractivity contribution in [1.82, 2.24) is 9.78 Å². The first-order valence-electron chi connectivity index (χ1n) is 7.87. The van der Waals surface area contributed by atoms with Crippen molar-refractivity contribution in [2.24, 2.45) is 5.92 Å². The lowest BCUT2D eigenvalue weighted by molar-refractivity contribution is 0.224. The third-order valence-electron chi connectivity index (χ3n) is 4.43. The van der Waals surface area contributed by atoms with Gasteiger partial charge in [-0.15, -0.1) is 0 Å². The molecule has 2 aromatic rings. The number of fused-ring (bicyclic) bond motifs is 1. The van der Waals surface area contributed by atoms with E-state index >= 15 is 0 Å². The summed E-state index contributed by atoms with van der Waals surface area (Å²) in [7, 11) is -3.70. The molecule has 4 rings (SSSR count). The van der Waals surface area contributed by atoms with Gasteiger partial charge in [-0.3, -0.25) is 4.31 Å². The summed E-state index contributed by atoms with van der Waals surface area (Å²) in [4.78, 5) is 0.167. The molecule has 1 saturated carbocycles. The molecule has 1 aromatic carbocycles. The van der Waals surface area contributed by atoms with E-state index in [-0.39, 0.29) is 10.9 Å². The quantitative estimate of drug-likeness (QED) is 0.861. The van der Waals surface area contributed by atoms with Gasteiger partial charge in [-0.1, -0.05) is 25.1 Å². The molecule has 0 bridgehead atoms. The van der Waals surface area contributed by atoms with E-state index in [1.54, 1.807) is 4.68 Å². The van der Waals surface area contributed by atoms with E-state index in [1.807, 2.05) is 30.3 Å². The maximum atomic E-state index is 13.3. The second-order valence-electron chi connectivity index (χ2n) is 6.16. The standard InChI is InChI=1S/C16H19N3O3S/c1-12-10-14(12)19(13-6-3-2-4-7-13)23(20,21)15-11-17-18-8-5-9-22-16(15)18/h2-4,6-7,11-12,14H,5,8-10H2,1H3. The van der Waals surface area contributed by atoms with Gasteiger partial charge in [0.15, 0.2) is 4.90 Å². The zero-order chi connectivity index (χ0) is 16.0. The first kappa shape index (κ1) is 14.6. The Labute approximate surface area is 135 Å². The third kappa shape index (κ3) is 2.39. The van der Waals surface area contributed by atoms with Gasteiger partial charge >= 0.3 is 0 Å². The smallest absolute Gasteiger partial charge is 0.271 e. The van der Waals surface area contributed by atoms with E-state index < -0.39 is 10.0 Å². The molecule has 2 atom stereocenters. The Morgan fingerprint density at radius 1 is 1.30 bits per heavy atom. The first-order chi connectivity index (χ1) is 11.1. The number of ether oxygens (including phenoxy) is 1. The number of nitrogens with zero attached hydrogens (tertiary/aromatic N) is 3. The second-order valence-corrected chi connectivity index (χ2v) is 7.94. The highest BCUT2D eigenvalue weighted by Crippen LogP contribution is 2.42. The van der Waals surface area contributed by atoms with Crippen LogP contribution in [0.2, 0.25) is 0 Å². The third-order valence-corrected chi connectivity index (χ3v) is 6.26. The van der Waals surface area contributed by atoms with Crippen LogP contribution in [0.1, 0.15) is 19.8 Å². The number of benzene rings is 1. The summed E-state index contributed by atoms with van der Waals surface area (Å²) < 4.78 is 35.3. The molecule has 0 amide bonds. The van der Waals surface area contributed by atoms with Crippen LogP contribution < -0.4 is 9.04 Å². The summed E-state index contributed by atoms with van der Waals surface area (Å²) in [5.74, 6) is 0.725. The van der Waals surface area contributed by atoms with Gasteiger partial charge < -0.3 is 4.74 Å². The molecule has 2 heterocycles. The normalized spacial score (nSPS) is 23.0. The molecule has 0 spiro atoms. The van der Waals surface area contributed by atoms with Gasteiger partial charge in [0.05, 0.1) is 18.5 Å². The fraction of sp³-hybridized carbons (Fsp3) is 0.438. The van der Waals surface area contributed by atoms with E-state index in [9.17, 15) is 8.42 Å². The van der Waals surface area contributed by atoms with Crippen LogP contribution in [0, 0.1) is 5.92 Å². The number of hydrogen-bond acceptors (Lipinski definition) is 4. The highest BCUT2D eigenvalue weighted by Gasteiger charge is 2.46. The van der Waals surface area contributed by atoms with E-state index in [0.717, 1.165) is 12.8 Å². The van der Waals surface area contributed by atoms with E-state index in [1.165, 1.54) is 10.5 Å². The molecule has 2 unspecified atom stereocenters. The van der Waals surface area contributed by atoms with Crippen molar-refractivity contribution in [3.63, 3.8) is 0 Å². The topological polar surface area (TPSA) is 64.4 Å². The van der Waals surface area contributed by atoms with Crippen LogP contribution in [-0.4, -0.2) is 30.8 Å². The zero-order valence-corrected chi connectivity index (χ0v) is 13.7. The molecule has 6 nitrogen and oxygen atoms in total. The van der Waals surface area contributed by atoms with Crippen LogP contribution in [0.4, 0.5) is 5.69 Å². The Kier molecular flexibility index (Phi) is 3.33. The molecular weight excluding hydrogens is 314 g/mol. The lowest BCUT2D eigenvalue weighted by atomic mass is 10.3. The molecule has 1 aromatic heterocycles. The van der Waals surface area contributed by atoms with Gasteiger partial charge in [0.2, 0.25) is 5.88 Å². The Morgan fingerprint density at radius 3 is 2.74 bits per heavy atom. The number of rotatable bonds is 4. The lowest BCUT2D eigenvalue weighted by Crippen LogP contribution is -2.34. The SMILES string of the molecule is CC1CC1N(c1ccccc1)S(=O)(=O)c1cnn2c1OCCC2. The average Bonchev–Trinajstić information content (AvgIpc) is 3.10. The minimum atomic E-state index is -3.70. The molecule has 2 aliphatic rings. The highest BCUT2D eigenvalue weighted by atomic mass is 32.2. The summed E-state index contributed by atoms with van der Waals surface area (Å²) in [5, 5.41) is 4.18. The fourth-order valence-corrected chi connectivity index (χ4v) is 4.87. The predicted molar refractivity (Wildman–Crippen MR) is 86.0 cm³/mol. The van der Waals surface area contributed by atoms with Gasteiger partial charge in [-0.25, -0.2) is 13.1 Å². The highest BCUT2D eigenvalue weighted by molar-refractivity contribution is 7.93. The molecule has 0 radical (unpaired) electrons. The molecule has 1 fully saturated rings. The minimum absolute atomic E-state index is 0.00143. The van der Waals surface area contributed by atoms with Crippen molar-refractivity contribution in [1.29, 1.82) is 0 Å². The molecule has 1 aliphatic carbocycles. The number of para-hydroxylation sites is 1. The maximum Gasteiger partial charge on any atom is 0.271 e. The van der Waals surface area contributed by atoms with Crippen molar-refractivity contribution in [3.05, 3.63) is 36.5 Å². The Morgan fingerprint density at radius 2 is 2.04 bits per heavy atom. The molecule has 7 heteroatoms. The largest absolute Gasteiger partial charge is 0.477 e. The van der Waals surface area contributed by atoms with Crippen molar-refractivity contribution < 1.29 is 13.2 Å². The number of aromatic nitrogens is 2. The van der Waals surface area contributed by atoms with Crippen molar-refractivity contribution >= 4 is 15.7 Å². The number of anilines is 1. The van der Waals surface area contributed by atoms with Crippen molar-refractivity contribution in [2.75, 3.05) is 10.9 Å². The second kappa shape index (κ2) is 5.26. The van der Waals surface area contributed by atoms with Gasteiger partial charge in [-0.2, -0.15) is 5.10 Å². The molecule has 1 aliphatic heterocycles. The molecule has 0 N–H and O–H groups in total. The van der Waals surface area contributed by atoms with E-state index in [4.69, 9.17) is 4.74 Å². The fourth-order valence-electron chi connectivity index (χ4n) is 3.04. The van der Waals surface area contributed by atoms with Crippen LogP contribution in [-0.2, 0) is 16.6 Å². The summed E-state index contributed by atoms with van der Waals surface area (Å²) in [6.45, 7) is 3.29. The van der Waals surface area contributed by atoms with Crippen LogP contribution in [0.5, 0.6) is 5.88 Å². The van der Waals surface area contributed by atoms with Crippen LogP contribution in [0.25, 0.3) is 0 Å². The lowest BCUT2D eigenvalue weighted by Gasteiger charge is -2.25. The number of sulfonamides is 1. The maximum absolute atomic E-state index is 13.3. The van der Waals surface area contributed by atoms with Gasteiger partial charge in [-0.05, 0) is 24.5 Å². The molecular formula is C16H19N3O3S. The summed E-state index contributed by atoms with van der Waals surface area (Å²) in [6.07, 6.45) is 3.13. The molecule has 0 saturated heterocycles. The summed E-state index contributed by atoms with van der Waals surface area (Å²) >= 11 is 0. The van der Waals surface area contributed by atoms with Crippen molar-refractivity contribution in [2.45, 2.75) is 37.2 Å². The summed E-state index contributed by atoms with van der Waals surface area (Å²) in [5.41, 5.74) is 0.692. The summed E-state index contributed by atoms with van der Waals surface area (Å²) in [6, 6.07) is 9.26. The molecule has 122 valence electrons. The number of hydrogen-bond donors (Lipinski definition) is 0. The van der Waals surface area contributed by atoms with Crippen LogP contribution in [0.3, 0.4) is 0 Å². The zero-order valence-electron chi connectivity index (χ0n) is 12.9. The predicted octanol–water partition coefficient (Wildman–Crippen LogP) is 2.27. The van der Waals surface area contributed by atoms with Crippen molar-refractivity contribution in [3.8, 4) is 5.88 Å². The first-order valence-corrected chi connectivity index (χ1v) is 9.31. The van der Waals surface area contributed by atoms with E-state index in [2.05, 4.69) is 12.0 Å². The van der Waals surface area contributed by atoms with Gasteiger partial charge in [0.1, 0.15) is 0 Å².